The molecule has 144 valence electrons. The maximum Gasteiger partial charge on any atom is 0.341 e. The van der Waals surface area contributed by atoms with Gasteiger partial charge in [0.15, 0.2) is 12.4 Å². The molecule has 0 aromatic heterocycles. The van der Waals surface area contributed by atoms with E-state index in [1.807, 2.05) is 0 Å². The molecule has 2 aromatic carbocycles. The van der Waals surface area contributed by atoms with Gasteiger partial charge in [0.25, 0.3) is 0 Å². The van der Waals surface area contributed by atoms with E-state index in [-0.39, 0.29) is 23.5 Å². The summed E-state index contributed by atoms with van der Waals surface area (Å²) in [5.74, 6) is -2.13. The summed E-state index contributed by atoms with van der Waals surface area (Å²) in [6.45, 7) is 3.18. The van der Waals surface area contributed by atoms with Gasteiger partial charge in [-0.2, -0.15) is 0 Å². The van der Waals surface area contributed by atoms with Crippen molar-refractivity contribution in [3.8, 4) is 11.5 Å². The lowest BCUT2D eigenvalue weighted by Crippen LogP contribution is -2.12. The fraction of sp³-hybridized carbons (Fsp3) is 0.0952. The lowest BCUT2D eigenvalue weighted by Gasteiger charge is -2.11. The van der Waals surface area contributed by atoms with E-state index in [4.69, 9.17) is 19.7 Å². The molecule has 0 saturated carbocycles. The molecule has 7 heteroatoms. The zero-order chi connectivity index (χ0) is 20.5. The molecule has 0 radical (unpaired) electrons. The van der Waals surface area contributed by atoms with Gasteiger partial charge in [-0.3, -0.25) is 4.79 Å². The Morgan fingerprint density at radius 2 is 1.71 bits per heavy atom. The molecule has 0 spiro atoms. The molecule has 0 saturated heterocycles. The van der Waals surface area contributed by atoms with Crippen LogP contribution in [0.15, 0.2) is 61.2 Å². The predicted molar refractivity (Wildman–Crippen MR) is 102 cm³/mol. The van der Waals surface area contributed by atoms with Gasteiger partial charge in [0.1, 0.15) is 18.1 Å². The van der Waals surface area contributed by atoms with Crippen LogP contribution in [0.2, 0.25) is 0 Å². The Labute approximate surface area is 161 Å². The summed E-state index contributed by atoms with van der Waals surface area (Å²) in [7, 11) is 0. The van der Waals surface area contributed by atoms with Crippen LogP contribution in [0, 0.1) is 0 Å². The number of aromatic carboxylic acids is 1. The molecule has 2 N–H and O–H groups in total. The van der Waals surface area contributed by atoms with E-state index in [9.17, 15) is 14.4 Å². The number of hydrogen-bond donors (Lipinski definition) is 2. The van der Waals surface area contributed by atoms with Crippen molar-refractivity contribution < 1.29 is 34.1 Å². The maximum atomic E-state index is 12.5. The number of rotatable bonds is 10. The van der Waals surface area contributed by atoms with Crippen molar-refractivity contribution >= 4 is 23.8 Å². The fourth-order valence-corrected chi connectivity index (χ4v) is 2.21. The van der Waals surface area contributed by atoms with E-state index in [1.54, 1.807) is 24.3 Å². The van der Waals surface area contributed by atoms with Crippen LogP contribution in [0.4, 0.5) is 0 Å². The number of carboxylic acids is 2. The minimum absolute atomic E-state index is 0.0832. The number of carbonyl (C=O) groups is 3. The number of allylic oxidation sites excluding steroid dienone is 1. The molecule has 0 unspecified atom stereocenters. The Balaban J connectivity index is 2.22. The highest BCUT2D eigenvalue weighted by Crippen LogP contribution is 2.26. The summed E-state index contributed by atoms with van der Waals surface area (Å²) in [5.41, 5.74) is 0.950. The second-order valence-corrected chi connectivity index (χ2v) is 5.56. The van der Waals surface area contributed by atoms with E-state index in [1.165, 1.54) is 36.4 Å². The Hall–Kier alpha value is -3.87. The normalized spacial score (nSPS) is 10.4. The largest absolute Gasteiger partial charge is 0.489 e. The van der Waals surface area contributed by atoms with Gasteiger partial charge in [0.05, 0.1) is 11.1 Å². The van der Waals surface area contributed by atoms with E-state index in [2.05, 4.69) is 6.58 Å². The minimum atomic E-state index is -1.18. The lowest BCUT2D eigenvalue weighted by atomic mass is 10.1. The molecule has 0 bridgehead atoms. The molecule has 0 aliphatic heterocycles. The highest BCUT2D eigenvalue weighted by atomic mass is 16.5. The molecule has 0 atom stereocenters. The lowest BCUT2D eigenvalue weighted by molar-refractivity contribution is -0.139. The molecule has 0 aliphatic rings. The standard InChI is InChI=1S/C21H18O7/c1-2-11-27-16-8-9-17(19(12-16)28-13-20(23)24)18(22)10-5-14-3-6-15(7-4-14)21(25)26/h2-10,12H,1,11,13H2,(H,23,24)(H,25,26). The number of aliphatic carboxylic acids is 1. The van der Waals surface area contributed by atoms with Gasteiger partial charge >= 0.3 is 11.9 Å². The summed E-state index contributed by atoms with van der Waals surface area (Å²) in [6, 6.07) is 10.5. The number of ketones is 1. The summed E-state index contributed by atoms with van der Waals surface area (Å²) < 4.78 is 10.6. The van der Waals surface area contributed by atoms with Crippen LogP contribution in [-0.2, 0) is 4.79 Å². The highest BCUT2D eigenvalue weighted by Gasteiger charge is 2.13. The van der Waals surface area contributed by atoms with Crippen LogP contribution in [0.1, 0.15) is 26.3 Å². The van der Waals surface area contributed by atoms with Gasteiger partial charge in [-0.25, -0.2) is 9.59 Å². The Morgan fingerprint density at radius 1 is 1.00 bits per heavy atom. The van der Waals surface area contributed by atoms with Gasteiger partial charge in [0, 0.05) is 6.07 Å². The Kier molecular flexibility index (Phi) is 7.10. The number of hydrogen-bond acceptors (Lipinski definition) is 5. The summed E-state index contributed by atoms with van der Waals surface area (Å²) in [5, 5.41) is 17.7. The van der Waals surface area contributed by atoms with Gasteiger partial charge in [0.2, 0.25) is 0 Å². The number of carbonyl (C=O) groups excluding carboxylic acids is 1. The zero-order valence-corrected chi connectivity index (χ0v) is 14.8. The van der Waals surface area contributed by atoms with Crippen molar-refractivity contribution in [2.75, 3.05) is 13.2 Å². The van der Waals surface area contributed by atoms with Crippen molar-refractivity contribution in [2.24, 2.45) is 0 Å². The summed E-state index contributed by atoms with van der Waals surface area (Å²) in [6.07, 6.45) is 4.37. The van der Waals surface area contributed by atoms with Gasteiger partial charge in [-0.1, -0.05) is 30.9 Å². The molecule has 28 heavy (non-hydrogen) atoms. The molecule has 0 heterocycles. The topological polar surface area (TPSA) is 110 Å². The van der Waals surface area contributed by atoms with E-state index in [0.29, 0.717) is 11.3 Å². The van der Waals surface area contributed by atoms with Crippen LogP contribution < -0.4 is 9.47 Å². The van der Waals surface area contributed by atoms with Crippen molar-refractivity contribution in [2.45, 2.75) is 0 Å². The van der Waals surface area contributed by atoms with Crippen molar-refractivity contribution in [1.82, 2.24) is 0 Å². The first-order chi connectivity index (χ1) is 13.4. The molecule has 0 aliphatic carbocycles. The van der Waals surface area contributed by atoms with Gasteiger partial charge in [-0.05, 0) is 35.9 Å². The minimum Gasteiger partial charge on any atom is -0.489 e. The van der Waals surface area contributed by atoms with Crippen LogP contribution >= 0.6 is 0 Å². The number of benzene rings is 2. The molecule has 2 rings (SSSR count). The first-order valence-electron chi connectivity index (χ1n) is 8.19. The Morgan fingerprint density at radius 3 is 2.32 bits per heavy atom. The monoisotopic (exact) mass is 382 g/mol. The molecule has 0 amide bonds. The molecule has 7 nitrogen and oxygen atoms in total. The SMILES string of the molecule is C=CCOc1ccc(C(=O)C=Cc2ccc(C(=O)O)cc2)c(OCC(=O)O)c1. The molecule has 0 fully saturated rings. The van der Waals surface area contributed by atoms with Crippen LogP contribution in [0.5, 0.6) is 11.5 Å². The van der Waals surface area contributed by atoms with E-state index in [0.717, 1.165) is 0 Å². The quantitative estimate of drug-likeness (QED) is 0.368. The third-order valence-electron chi connectivity index (χ3n) is 3.52. The van der Waals surface area contributed by atoms with Crippen molar-refractivity contribution in [1.29, 1.82) is 0 Å². The molecular formula is C21H18O7. The third-order valence-corrected chi connectivity index (χ3v) is 3.52. The third kappa shape index (κ3) is 5.84. The predicted octanol–water partition coefficient (Wildman–Crippen LogP) is 3.31. The average molecular weight is 382 g/mol. The van der Waals surface area contributed by atoms with Gasteiger partial charge < -0.3 is 19.7 Å². The maximum absolute atomic E-state index is 12.5. The smallest absolute Gasteiger partial charge is 0.341 e. The molecular weight excluding hydrogens is 364 g/mol. The van der Waals surface area contributed by atoms with Crippen LogP contribution in [0.3, 0.4) is 0 Å². The van der Waals surface area contributed by atoms with E-state index >= 15 is 0 Å². The molecule has 2 aromatic rings. The average Bonchev–Trinajstić information content (AvgIpc) is 2.69. The highest BCUT2D eigenvalue weighted by molar-refractivity contribution is 6.08. The van der Waals surface area contributed by atoms with Gasteiger partial charge in [-0.15, -0.1) is 0 Å². The number of ether oxygens (including phenoxy) is 2. The van der Waals surface area contributed by atoms with Crippen molar-refractivity contribution in [3.05, 3.63) is 77.9 Å². The Bertz CT molecular complexity index is 911. The second kappa shape index (κ2) is 9.72. The van der Waals surface area contributed by atoms with Crippen LogP contribution in [0.25, 0.3) is 6.08 Å². The second-order valence-electron chi connectivity index (χ2n) is 5.56. The summed E-state index contributed by atoms with van der Waals surface area (Å²) >= 11 is 0. The van der Waals surface area contributed by atoms with Crippen LogP contribution in [-0.4, -0.2) is 41.1 Å². The number of carboxylic acid groups (broad SMARTS) is 2. The first-order valence-corrected chi connectivity index (χ1v) is 8.19. The van der Waals surface area contributed by atoms with Crippen molar-refractivity contribution in [3.63, 3.8) is 0 Å². The van der Waals surface area contributed by atoms with E-state index < -0.39 is 24.3 Å². The fourth-order valence-electron chi connectivity index (χ4n) is 2.21. The zero-order valence-electron chi connectivity index (χ0n) is 14.8. The first kappa shape index (κ1) is 20.4. The summed E-state index contributed by atoms with van der Waals surface area (Å²) in [4.78, 5) is 34.2.